The Morgan fingerprint density at radius 2 is 1.88 bits per heavy atom. The molecule has 2 rings (SSSR count). The van der Waals surface area contributed by atoms with Gasteiger partial charge in [-0.1, -0.05) is 24.3 Å². The van der Waals surface area contributed by atoms with Crippen molar-refractivity contribution in [3.05, 3.63) is 65.5 Å². The van der Waals surface area contributed by atoms with E-state index in [9.17, 15) is 14.3 Å². The average Bonchev–Trinajstić information content (AvgIpc) is 2.29. The lowest BCUT2D eigenvalue weighted by Gasteiger charge is -2.03. The first-order chi connectivity index (χ1) is 8.16. The molecule has 0 fully saturated rings. The highest BCUT2D eigenvalue weighted by molar-refractivity contribution is 5.97. The van der Waals surface area contributed by atoms with E-state index in [0.29, 0.717) is 5.56 Å². The van der Waals surface area contributed by atoms with Crippen LogP contribution in [0.1, 0.15) is 15.9 Å². The summed E-state index contributed by atoms with van der Waals surface area (Å²) in [4.78, 5) is 11.8. The number of ketones is 1. The monoisotopic (exact) mass is 230 g/mol. The van der Waals surface area contributed by atoms with Crippen molar-refractivity contribution < 1.29 is 14.3 Å². The van der Waals surface area contributed by atoms with Gasteiger partial charge in [-0.15, -0.1) is 0 Å². The summed E-state index contributed by atoms with van der Waals surface area (Å²) in [6.07, 6.45) is 0.0787. The van der Waals surface area contributed by atoms with Crippen LogP contribution in [-0.4, -0.2) is 10.9 Å². The zero-order chi connectivity index (χ0) is 12.3. The van der Waals surface area contributed by atoms with Gasteiger partial charge in [-0.25, -0.2) is 4.39 Å². The van der Waals surface area contributed by atoms with Gasteiger partial charge < -0.3 is 5.11 Å². The first-order valence-electron chi connectivity index (χ1n) is 5.22. The van der Waals surface area contributed by atoms with E-state index in [-0.39, 0.29) is 23.5 Å². The largest absolute Gasteiger partial charge is 0.508 e. The Labute approximate surface area is 98.3 Å². The molecule has 0 heterocycles. The van der Waals surface area contributed by atoms with Crippen LogP contribution < -0.4 is 0 Å². The molecule has 0 saturated heterocycles. The van der Waals surface area contributed by atoms with Gasteiger partial charge in [0, 0.05) is 6.42 Å². The molecule has 0 atom stereocenters. The van der Waals surface area contributed by atoms with Crippen LogP contribution in [0.3, 0.4) is 0 Å². The van der Waals surface area contributed by atoms with Gasteiger partial charge >= 0.3 is 0 Å². The molecule has 0 unspecified atom stereocenters. The molecule has 0 aliphatic heterocycles. The number of Topliss-reactive ketones (excluding diaryl/α,β-unsaturated/α-hetero) is 1. The zero-order valence-corrected chi connectivity index (χ0v) is 9.06. The third kappa shape index (κ3) is 2.69. The molecule has 0 aliphatic carbocycles. The van der Waals surface area contributed by atoms with E-state index in [0.717, 1.165) is 0 Å². The number of hydrogen-bond acceptors (Lipinski definition) is 2. The lowest BCUT2D eigenvalue weighted by molar-refractivity contribution is 0.0989. The van der Waals surface area contributed by atoms with Crippen molar-refractivity contribution in [1.82, 2.24) is 0 Å². The van der Waals surface area contributed by atoms with Crippen LogP contribution in [-0.2, 0) is 6.42 Å². The summed E-state index contributed by atoms with van der Waals surface area (Å²) in [5.41, 5.74) is 0.745. The molecule has 0 aliphatic rings. The molecule has 0 radical (unpaired) electrons. The minimum Gasteiger partial charge on any atom is -0.508 e. The summed E-state index contributed by atoms with van der Waals surface area (Å²) >= 11 is 0. The molecule has 17 heavy (non-hydrogen) atoms. The second kappa shape index (κ2) is 4.78. The normalized spacial score (nSPS) is 10.2. The topological polar surface area (TPSA) is 37.3 Å². The minimum absolute atomic E-state index is 0.0787. The van der Waals surface area contributed by atoms with Crippen molar-refractivity contribution in [2.45, 2.75) is 6.42 Å². The molecule has 0 saturated carbocycles. The maximum Gasteiger partial charge on any atom is 0.170 e. The van der Waals surface area contributed by atoms with Gasteiger partial charge in [0.05, 0.1) is 5.56 Å². The molecule has 86 valence electrons. The van der Waals surface area contributed by atoms with Crippen molar-refractivity contribution in [3.8, 4) is 5.75 Å². The van der Waals surface area contributed by atoms with Crippen molar-refractivity contribution in [1.29, 1.82) is 0 Å². The number of hydrogen-bond donors (Lipinski definition) is 1. The highest BCUT2D eigenvalue weighted by atomic mass is 19.1. The lowest BCUT2D eigenvalue weighted by atomic mass is 10.0. The van der Waals surface area contributed by atoms with Crippen molar-refractivity contribution >= 4 is 5.78 Å². The van der Waals surface area contributed by atoms with Crippen LogP contribution in [0, 0.1) is 5.82 Å². The van der Waals surface area contributed by atoms with E-state index in [1.165, 1.54) is 24.3 Å². The number of phenolic OH excluding ortho intramolecular Hbond substituents is 1. The molecule has 0 spiro atoms. The Kier molecular flexibility index (Phi) is 3.19. The lowest BCUT2D eigenvalue weighted by Crippen LogP contribution is -2.05. The molecule has 2 aromatic carbocycles. The standard InChI is InChI=1S/C14H11FO2/c15-13-7-2-1-6-12(13)14(17)9-10-4-3-5-11(16)8-10/h1-8,16H,9H2. The molecule has 0 amide bonds. The molecule has 2 aromatic rings. The van der Waals surface area contributed by atoms with E-state index in [4.69, 9.17) is 0 Å². The third-order valence-corrected chi connectivity index (χ3v) is 2.45. The smallest absolute Gasteiger partial charge is 0.170 e. The van der Waals surface area contributed by atoms with Crippen LogP contribution in [0.15, 0.2) is 48.5 Å². The van der Waals surface area contributed by atoms with Crippen LogP contribution in [0.25, 0.3) is 0 Å². The first-order valence-corrected chi connectivity index (χ1v) is 5.22. The van der Waals surface area contributed by atoms with Crippen LogP contribution in [0.4, 0.5) is 4.39 Å². The molecule has 0 aromatic heterocycles. The zero-order valence-electron chi connectivity index (χ0n) is 9.06. The van der Waals surface area contributed by atoms with Gasteiger partial charge in [0.1, 0.15) is 11.6 Å². The number of benzene rings is 2. The number of aromatic hydroxyl groups is 1. The number of carbonyl (C=O) groups is 1. The summed E-state index contributed by atoms with van der Waals surface area (Å²) in [7, 11) is 0. The van der Waals surface area contributed by atoms with Gasteiger partial charge in [-0.3, -0.25) is 4.79 Å². The summed E-state index contributed by atoms with van der Waals surface area (Å²) in [6, 6.07) is 12.3. The quantitative estimate of drug-likeness (QED) is 0.823. The van der Waals surface area contributed by atoms with E-state index >= 15 is 0 Å². The predicted octanol–water partition coefficient (Wildman–Crippen LogP) is 2.96. The Bertz CT molecular complexity index is 549. The Morgan fingerprint density at radius 1 is 1.12 bits per heavy atom. The van der Waals surface area contributed by atoms with E-state index in [2.05, 4.69) is 0 Å². The Morgan fingerprint density at radius 3 is 2.59 bits per heavy atom. The minimum atomic E-state index is -0.516. The van der Waals surface area contributed by atoms with Gasteiger partial charge in [0.25, 0.3) is 0 Å². The summed E-state index contributed by atoms with van der Waals surface area (Å²) in [6.45, 7) is 0. The highest BCUT2D eigenvalue weighted by Gasteiger charge is 2.11. The molecular formula is C14H11FO2. The first kappa shape index (κ1) is 11.3. The van der Waals surface area contributed by atoms with E-state index < -0.39 is 5.82 Å². The van der Waals surface area contributed by atoms with Gasteiger partial charge in [-0.05, 0) is 29.8 Å². The van der Waals surface area contributed by atoms with Gasteiger partial charge in [-0.2, -0.15) is 0 Å². The molecular weight excluding hydrogens is 219 g/mol. The predicted molar refractivity (Wildman–Crippen MR) is 62.5 cm³/mol. The maximum atomic E-state index is 13.4. The second-order valence-electron chi connectivity index (χ2n) is 3.75. The Hall–Kier alpha value is -2.16. The number of phenols is 1. The van der Waals surface area contributed by atoms with Crippen molar-refractivity contribution in [3.63, 3.8) is 0 Å². The SMILES string of the molecule is O=C(Cc1cccc(O)c1)c1ccccc1F. The fraction of sp³-hybridized carbons (Fsp3) is 0.0714. The number of carbonyl (C=O) groups excluding carboxylic acids is 1. The molecule has 3 heteroatoms. The fourth-order valence-corrected chi connectivity index (χ4v) is 1.63. The fourth-order valence-electron chi connectivity index (χ4n) is 1.63. The van der Waals surface area contributed by atoms with Gasteiger partial charge in [0.2, 0.25) is 0 Å². The number of halogens is 1. The summed E-state index contributed by atoms with van der Waals surface area (Å²) in [5, 5.41) is 9.27. The summed E-state index contributed by atoms with van der Waals surface area (Å²) in [5.74, 6) is -0.713. The number of rotatable bonds is 3. The molecule has 0 bridgehead atoms. The van der Waals surface area contributed by atoms with Crippen LogP contribution in [0.5, 0.6) is 5.75 Å². The maximum absolute atomic E-state index is 13.4. The van der Waals surface area contributed by atoms with E-state index in [1.807, 2.05) is 0 Å². The average molecular weight is 230 g/mol. The van der Waals surface area contributed by atoms with Crippen molar-refractivity contribution in [2.24, 2.45) is 0 Å². The van der Waals surface area contributed by atoms with E-state index in [1.54, 1.807) is 24.3 Å². The molecule has 2 nitrogen and oxygen atoms in total. The van der Waals surface area contributed by atoms with Crippen LogP contribution in [0.2, 0.25) is 0 Å². The summed E-state index contributed by atoms with van der Waals surface area (Å²) < 4.78 is 13.4. The van der Waals surface area contributed by atoms with Gasteiger partial charge in [0.15, 0.2) is 5.78 Å². The molecule has 1 N–H and O–H groups in total. The third-order valence-electron chi connectivity index (χ3n) is 2.45. The van der Waals surface area contributed by atoms with Crippen LogP contribution >= 0.6 is 0 Å². The highest BCUT2D eigenvalue weighted by Crippen LogP contribution is 2.15. The second-order valence-corrected chi connectivity index (χ2v) is 3.75. The van der Waals surface area contributed by atoms with Crippen molar-refractivity contribution in [2.75, 3.05) is 0 Å². The Balaban J connectivity index is 2.20.